The van der Waals surface area contributed by atoms with Gasteiger partial charge in [0.25, 0.3) is 15.9 Å². The molecule has 0 bridgehead atoms. The van der Waals surface area contributed by atoms with Gasteiger partial charge in [0, 0.05) is 24.3 Å². The first kappa shape index (κ1) is 24.2. The molecule has 0 saturated carbocycles. The molecule has 9 heteroatoms. The molecule has 1 unspecified atom stereocenters. The highest BCUT2D eigenvalue weighted by Gasteiger charge is 2.39. The molecule has 35 heavy (non-hydrogen) atoms. The molecule has 1 saturated heterocycles. The number of nitrogens with one attached hydrogen (secondary N) is 1. The number of ether oxygens (including phenoxy) is 1. The Kier molecular flexibility index (Phi) is 6.50. The highest BCUT2D eigenvalue weighted by atomic mass is 32.2. The van der Waals surface area contributed by atoms with Gasteiger partial charge >= 0.3 is 0 Å². The Bertz CT molecular complexity index is 1410. The van der Waals surface area contributed by atoms with Crippen LogP contribution in [0.1, 0.15) is 43.1 Å². The number of para-hydroxylation sites is 1. The minimum absolute atomic E-state index is 0.0258. The molecule has 1 aliphatic rings. The fraction of sp³-hybridized carbons (Fsp3) is 0.269. The van der Waals surface area contributed by atoms with Crippen LogP contribution in [0.4, 0.5) is 5.82 Å². The van der Waals surface area contributed by atoms with E-state index in [1.165, 1.54) is 18.2 Å². The summed E-state index contributed by atoms with van der Waals surface area (Å²) >= 11 is 0. The summed E-state index contributed by atoms with van der Waals surface area (Å²) in [5.74, 6) is 2.98. The van der Waals surface area contributed by atoms with Crippen molar-refractivity contribution < 1.29 is 17.9 Å². The lowest BCUT2D eigenvalue weighted by atomic mass is 9.97. The molecule has 2 aromatic heterocycles. The first-order valence-electron chi connectivity index (χ1n) is 11.1. The van der Waals surface area contributed by atoms with E-state index in [1.807, 2.05) is 0 Å². The zero-order valence-corrected chi connectivity index (χ0v) is 20.5. The van der Waals surface area contributed by atoms with Crippen LogP contribution >= 0.6 is 0 Å². The van der Waals surface area contributed by atoms with E-state index in [0.717, 1.165) is 13.0 Å². The summed E-state index contributed by atoms with van der Waals surface area (Å²) in [4.78, 5) is 23.7. The Morgan fingerprint density at radius 1 is 1.17 bits per heavy atom. The second-order valence-electron chi connectivity index (χ2n) is 9.10. The third-order valence-electron chi connectivity index (χ3n) is 5.82. The summed E-state index contributed by atoms with van der Waals surface area (Å²) in [5, 5.41) is -0.359. The normalized spacial score (nSPS) is 17.0. The molecule has 4 rings (SSSR count). The third-order valence-corrected chi connectivity index (χ3v) is 7.05. The number of rotatable bonds is 6. The number of hydrogen-bond donors (Lipinski definition) is 1. The standard InChI is InChI=1S/C26H26N4O4S/c1-5-19-10-6-7-12-21(19)34-22-13-8-14-23(28-22)35(32,33)29-25(31)20-11-9-15-27-24(20)30-17-18(2)16-26(30,3)4/h1,6-15,18H,16-17H2,2-4H3,(H,29,31). The van der Waals surface area contributed by atoms with E-state index < -0.39 is 15.9 Å². The smallest absolute Gasteiger partial charge is 0.281 e. The number of amides is 1. The van der Waals surface area contributed by atoms with E-state index in [2.05, 4.69) is 46.3 Å². The molecule has 1 aliphatic heterocycles. The average Bonchev–Trinajstić information content (AvgIpc) is 3.11. The molecule has 0 radical (unpaired) electrons. The van der Waals surface area contributed by atoms with Gasteiger partial charge in [-0.15, -0.1) is 6.42 Å². The SMILES string of the molecule is C#Cc1ccccc1Oc1cccc(S(=O)(=O)NC(=O)c2cccnc2N2CC(C)CC2(C)C)n1. The monoisotopic (exact) mass is 490 g/mol. The predicted octanol–water partition coefficient (Wildman–Crippen LogP) is 3.99. The van der Waals surface area contributed by atoms with Crippen molar-refractivity contribution in [2.45, 2.75) is 37.8 Å². The van der Waals surface area contributed by atoms with Crippen molar-refractivity contribution in [3.8, 4) is 24.0 Å². The highest BCUT2D eigenvalue weighted by Crippen LogP contribution is 2.37. The maximum Gasteiger partial charge on any atom is 0.281 e. The second-order valence-corrected chi connectivity index (χ2v) is 10.7. The number of carbonyl (C=O) groups excluding carboxylic acids is 1. The van der Waals surface area contributed by atoms with Crippen molar-refractivity contribution in [3.05, 3.63) is 71.9 Å². The van der Waals surface area contributed by atoms with Gasteiger partial charge in [-0.2, -0.15) is 13.4 Å². The van der Waals surface area contributed by atoms with Crippen LogP contribution in [0.5, 0.6) is 11.6 Å². The number of benzene rings is 1. The molecule has 3 aromatic rings. The lowest BCUT2D eigenvalue weighted by Crippen LogP contribution is -2.41. The molecule has 1 N–H and O–H groups in total. The van der Waals surface area contributed by atoms with Gasteiger partial charge in [-0.05, 0) is 56.5 Å². The first-order valence-corrected chi connectivity index (χ1v) is 12.6. The van der Waals surface area contributed by atoms with E-state index in [4.69, 9.17) is 11.2 Å². The Balaban J connectivity index is 1.59. The van der Waals surface area contributed by atoms with Crippen molar-refractivity contribution in [3.63, 3.8) is 0 Å². The van der Waals surface area contributed by atoms with E-state index in [1.54, 1.807) is 42.6 Å². The van der Waals surface area contributed by atoms with Crippen LogP contribution in [-0.4, -0.2) is 36.4 Å². The Hall–Kier alpha value is -3.90. The van der Waals surface area contributed by atoms with Crippen LogP contribution < -0.4 is 14.4 Å². The van der Waals surface area contributed by atoms with Crippen molar-refractivity contribution in [2.24, 2.45) is 5.92 Å². The average molecular weight is 491 g/mol. The van der Waals surface area contributed by atoms with E-state index in [0.29, 0.717) is 23.0 Å². The van der Waals surface area contributed by atoms with E-state index in [9.17, 15) is 13.2 Å². The molecule has 1 aromatic carbocycles. The largest absolute Gasteiger partial charge is 0.438 e. The number of carbonyl (C=O) groups is 1. The van der Waals surface area contributed by atoms with Gasteiger partial charge < -0.3 is 9.64 Å². The third kappa shape index (κ3) is 5.12. The van der Waals surface area contributed by atoms with Gasteiger partial charge in [-0.3, -0.25) is 4.79 Å². The Morgan fingerprint density at radius 3 is 2.66 bits per heavy atom. The van der Waals surface area contributed by atoms with Crippen LogP contribution in [-0.2, 0) is 10.0 Å². The fourth-order valence-corrected chi connectivity index (χ4v) is 5.29. The quantitative estimate of drug-likeness (QED) is 0.521. The molecule has 1 fully saturated rings. The fourth-order valence-electron chi connectivity index (χ4n) is 4.37. The molecule has 1 amide bonds. The van der Waals surface area contributed by atoms with Gasteiger partial charge in [-0.25, -0.2) is 9.71 Å². The number of hydrogen-bond acceptors (Lipinski definition) is 7. The minimum atomic E-state index is -4.30. The summed E-state index contributed by atoms with van der Waals surface area (Å²) in [6.45, 7) is 7.02. The molecule has 3 heterocycles. The Labute approximate surface area is 205 Å². The number of sulfonamides is 1. The molecular weight excluding hydrogens is 464 g/mol. The van der Waals surface area contributed by atoms with Gasteiger partial charge in [0.15, 0.2) is 5.03 Å². The summed E-state index contributed by atoms with van der Waals surface area (Å²) in [5.41, 5.74) is 0.455. The van der Waals surface area contributed by atoms with Crippen LogP contribution in [0.3, 0.4) is 0 Å². The number of nitrogens with zero attached hydrogens (tertiary/aromatic N) is 3. The molecule has 0 aliphatic carbocycles. The minimum Gasteiger partial charge on any atom is -0.438 e. The first-order chi connectivity index (χ1) is 16.6. The van der Waals surface area contributed by atoms with Gasteiger partial charge in [0.2, 0.25) is 5.88 Å². The summed E-state index contributed by atoms with van der Waals surface area (Å²) in [6.07, 6.45) is 8.02. The van der Waals surface area contributed by atoms with Crippen molar-refractivity contribution >= 4 is 21.7 Å². The molecule has 180 valence electrons. The van der Waals surface area contributed by atoms with Crippen LogP contribution in [0.25, 0.3) is 0 Å². The zero-order valence-electron chi connectivity index (χ0n) is 19.7. The number of pyridine rings is 2. The summed E-state index contributed by atoms with van der Waals surface area (Å²) < 4.78 is 33.9. The molecule has 1 atom stereocenters. The number of aromatic nitrogens is 2. The topological polar surface area (TPSA) is 101 Å². The van der Waals surface area contributed by atoms with Gasteiger partial charge in [0.05, 0.1) is 11.1 Å². The number of terminal acetylenes is 1. The maximum atomic E-state index is 13.1. The Morgan fingerprint density at radius 2 is 1.94 bits per heavy atom. The summed E-state index contributed by atoms with van der Waals surface area (Å²) in [7, 11) is -4.30. The maximum absolute atomic E-state index is 13.1. The highest BCUT2D eigenvalue weighted by molar-refractivity contribution is 7.90. The molecular formula is C26H26N4O4S. The predicted molar refractivity (Wildman–Crippen MR) is 133 cm³/mol. The lowest BCUT2D eigenvalue weighted by molar-refractivity contribution is 0.0981. The van der Waals surface area contributed by atoms with Crippen LogP contribution in [0.15, 0.2) is 65.8 Å². The lowest BCUT2D eigenvalue weighted by Gasteiger charge is -2.33. The second kappa shape index (κ2) is 9.39. The van der Waals surface area contributed by atoms with Crippen molar-refractivity contribution in [1.29, 1.82) is 0 Å². The van der Waals surface area contributed by atoms with Gasteiger partial charge in [-0.1, -0.05) is 31.0 Å². The van der Waals surface area contributed by atoms with E-state index in [-0.39, 0.29) is 22.0 Å². The van der Waals surface area contributed by atoms with Crippen molar-refractivity contribution in [2.75, 3.05) is 11.4 Å². The molecule has 8 nitrogen and oxygen atoms in total. The zero-order chi connectivity index (χ0) is 25.2. The number of anilines is 1. The van der Waals surface area contributed by atoms with Crippen LogP contribution in [0.2, 0.25) is 0 Å². The van der Waals surface area contributed by atoms with Gasteiger partial charge in [0.1, 0.15) is 11.6 Å². The van der Waals surface area contributed by atoms with Crippen LogP contribution in [0, 0.1) is 18.3 Å². The van der Waals surface area contributed by atoms with E-state index >= 15 is 0 Å². The van der Waals surface area contributed by atoms with Crippen molar-refractivity contribution in [1.82, 2.24) is 14.7 Å². The summed E-state index contributed by atoms with van der Waals surface area (Å²) in [6, 6.07) is 14.3. The molecule has 0 spiro atoms.